The maximum Gasteiger partial charge on any atom is 0.508 e. The van der Waals surface area contributed by atoms with E-state index in [1.165, 1.54) is 96.3 Å². The third-order valence-corrected chi connectivity index (χ3v) is 9.13. The van der Waals surface area contributed by atoms with E-state index in [9.17, 15) is 9.59 Å². The van der Waals surface area contributed by atoms with E-state index in [-0.39, 0.29) is 12.1 Å². The molecule has 0 bridgehead atoms. The van der Waals surface area contributed by atoms with E-state index in [0.717, 1.165) is 90.0 Å². The average molecular weight is 692 g/mol. The van der Waals surface area contributed by atoms with Gasteiger partial charge in [-0.1, -0.05) is 141 Å². The van der Waals surface area contributed by atoms with E-state index in [1.54, 1.807) is 0 Å². The molecule has 0 aliphatic carbocycles. The Morgan fingerprint density at radius 2 is 1.00 bits per heavy atom. The van der Waals surface area contributed by atoms with E-state index in [4.69, 9.17) is 14.2 Å². The van der Waals surface area contributed by atoms with Crippen LogP contribution in [0, 0.1) is 0 Å². The molecule has 6 nitrogen and oxygen atoms in total. The molecular formula is C43H81NO5. The molecule has 0 radical (unpaired) electrons. The summed E-state index contributed by atoms with van der Waals surface area (Å²) < 4.78 is 16.6. The third kappa shape index (κ3) is 38.8. The number of nitrogens with zero attached hydrogens (tertiary/aromatic N) is 1. The van der Waals surface area contributed by atoms with Crippen LogP contribution in [-0.4, -0.2) is 57.0 Å². The lowest BCUT2D eigenvalue weighted by atomic mass is 10.0. The number of hydrogen-bond acceptors (Lipinski definition) is 6. The Labute approximate surface area is 304 Å². The van der Waals surface area contributed by atoms with Gasteiger partial charge in [0.1, 0.15) is 6.10 Å². The van der Waals surface area contributed by atoms with Gasteiger partial charge >= 0.3 is 12.1 Å². The van der Waals surface area contributed by atoms with Crippen molar-refractivity contribution in [3.8, 4) is 0 Å². The number of ether oxygens (including phenoxy) is 3. The van der Waals surface area contributed by atoms with Crippen molar-refractivity contribution in [2.45, 2.75) is 206 Å². The largest absolute Gasteiger partial charge is 0.508 e. The van der Waals surface area contributed by atoms with Gasteiger partial charge in [-0.2, -0.15) is 0 Å². The summed E-state index contributed by atoms with van der Waals surface area (Å²) in [5, 5.41) is 0. The molecule has 0 N–H and O–H groups in total. The molecule has 0 rings (SSSR count). The predicted molar refractivity (Wildman–Crippen MR) is 209 cm³/mol. The van der Waals surface area contributed by atoms with Crippen molar-refractivity contribution in [1.29, 1.82) is 0 Å². The average Bonchev–Trinajstić information content (AvgIpc) is 3.08. The third-order valence-electron chi connectivity index (χ3n) is 9.13. The molecular weight excluding hydrogens is 610 g/mol. The van der Waals surface area contributed by atoms with E-state index in [0.29, 0.717) is 19.6 Å². The van der Waals surface area contributed by atoms with Gasteiger partial charge in [0.25, 0.3) is 0 Å². The van der Waals surface area contributed by atoms with Gasteiger partial charge < -0.3 is 19.1 Å². The number of allylic oxidation sites excluding steroid dienone is 4. The van der Waals surface area contributed by atoms with E-state index < -0.39 is 6.16 Å². The lowest BCUT2D eigenvalue weighted by Gasteiger charge is -2.18. The Morgan fingerprint density at radius 1 is 0.531 bits per heavy atom. The zero-order valence-electron chi connectivity index (χ0n) is 33.0. The van der Waals surface area contributed by atoms with Crippen molar-refractivity contribution in [2.75, 3.05) is 33.9 Å². The zero-order chi connectivity index (χ0) is 35.9. The number of esters is 1. The Balaban J connectivity index is 3.84. The number of hydrogen-bond donors (Lipinski definition) is 0. The van der Waals surface area contributed by atoms with Gasteiger partial charge in [-0.05, 0) is 91.1 Å². The fraction of sp³-hybridized carbons (Fsp3) is 0.860. The van der Waals surface area contributed by atoms with Gasteiger partial charge in [-0.25, -0.2) is 4.79 Å². The van der Waals surface area contributed by atoms with Crippen LogP contribution < -0.4 is 0 Å². The predicted octanol–water partition coefficient (Wildman–Crippen LogP) is 13.1. The topological polar surface area (TPSA) is 65.1 Å². The number of carbonyl (C=O) groups excluding carboxylic acids is 2. The molecule has 0 aliphatic heterocycles. The van der Waals surface area contributed by atoms with Crippen LogP contribution in [0.1, 0.15) is 200 Å². The molecule has 288 valence electrons. The molecule has 0 spiro atoms. The van der Waals surface area contributed by atoms with Crippen LogP contribution in [0.3, 0.4) is 0 Å². The second kappa shape index (κ2) is 39.0. The van der Waals surface area contributed by atoms with Crippen LogP contribution in [0.5, 0.6) is 0 Å². The van der Waals surface area contributed by atoms with Gasteiger partial charge in [0, 0.05) is 13.0 Å². The zero-order valence-corrected chi connectivity index (χ0v) is 33.0. The van der Waals surface area contributed by atoms with Crippen LogP contribution >= 0.6 is 0 Å². The highest BCUT2D eigenvalue weighted by atomic mass is 16.7. The van der Waals surface area contributed by atoms with Gasteiger partial charge in [-0.3, -0.25) is 4.79 Å². The number of unbranched alkanes of at least 4 members (excludes halogenated alkanes) is 20. The molecule has 6 heteroatoms. The van der Waals surface area contributed by atoms with E-state index >= 15 is 0 Å². The van der Waals surface area contributed by atoms with E-state index in [1.807, 2.05) is 14.1 Å². The molecule has 0 aliphatic rings. The first-order valence-corrected chi connectivity index (χ1v) is 20.9. The van der Waals surface area contributed by atoms with Crippen molar-refractivity contribution in [2.24, 2.45) is 0 Å². The summed E-state index contributed by atoms with van der Waals surface area (Å²) >= 11 is 0. The van der Waals surface area contributed by atoms with Crippen molar-refractivity contribution in [1.82, 2.24) is 4.90 Å². The minimum atomic E-state index is -0.506. The molecule has 0 saturated carbocycles. The Bertz CT molecular complexity index is 765. The lowest BCUT2D eigenvalue weighted by molar-refractivity contribution is -0.143. The Morgan fingerprint density at radius 3 is 1.59 bits per heavy atom. The quantitative estimate of drug-likeness (QED) is 0.0367. The maximum atomic E-state index is 12.3. The number of carbonyl (C=O) groups is 2. The highest BCUT2D eigenvalue weighted by Crippen LogP contribution is 2.18. The van der Waals surface area contributed by atoms with Gasteiger partial charge in [-0.15, -0.1) is 0 Å². The molecule has 0 heterocycles. The van der Waals surface area contributed by atoms with Crippen LogP contribution in [0.4, 0.5) is 4.79 Å². The second-order valence-corrected chi connectivity index (χ2v) is 14.4. The minimum Gasteiger partial charge on any atom is -0.466 e. The lowest BCUT2D eigenvalue weighted by Crippen LogP contribution is -2.21. The van der Waals surface area contributed by atoms with E-state index in [2.05, 4.69) is 43.1 Å². The fourth-order valence-electron chi connectivity index (χ4n) is 5.99. The fourth-order valence-corrected chi connectivity index (χ4v) is 5.99. The smallest absolute Gasteiger partial charge is 0.466 e. The normalized spacial score (nSPS) is 12.3. The SMILES string of the molecule is CCCCCC=CCC=CCCCCCCCC(=O)OCCCCCCCCC(CCCCCCCCCC)OC(=O)OCCCN(C)C. The van der Waals surface area contributed by atoms with Crippen LogP contribution in [-0.2, 0) is 19.0 Å². The molecule has 0 saturated heterocycles. The standard InChI is InChI=1S/C43H81NO5/c1-5-7-9-11-13-15-16-17-18-19-20-21-23-28-32-37-42(45)47-39-33-29-25-24-27-31-36-41(35-30-26-22-14-12-10-8-6-2)49-43(46)48-40-34-38-44(3)4/h13,15,17-18,41H,5-12,14,16,19-40H2,1-4H3. The maximum absolute atomic E-state index is 12.3. The summed E-state index contributed by atoms with van der Waals surface area (Å²) in [5.41, 5.74) is 0. The molecule has 0 amide bonds. The van der Waals surface area contributed by atoms with Crippen molar-refractivity contribution < 1.29 is 23.8 Å². The second-order valence-electron chi connectivity index (χ2n) is 14.4. The molecule has 49 heavy (non-hydrogen) atoms. The molecule has 0 aromatic carbocycles. The van der Waals surface area contributed by atoms with Gasteiger partial charge in [0.15, 0.2) is 0 Å². The first-order valence-electron chi connectivity index (χ1n) is 20.9. The van der Waals surface area contributed by atoms with Crippen molar-refractivity contribution in [3.05, 3.63) is 24.3 Å². The summed E-state index contributed by atoms with van der Waals surface area (Å²) in [5.74, 6) is -0.0376. The summed E-state index contributed by atoms with van der Waals surface area (Å²) in [6.45, 7) is 6.36. The Kier molecular flexibility index (Phi) is 37.5. The first kappa shape index (κ1) is 47.2. The highest BCUT2D eigenvalue weighted by Gasteiger charge is 2.15. The molecule has 0 aromatic rings. The van der Waals surface area contributed by atoms with Crippen molar-refractivity contribution >= 4 is 12.1 Å². The summed E-state index contributed by atoms with van der Waals surface area (Å²) in [7, 11) is 4.04. The Hall–Kier alpha value is -1.82. The van der Waals surface area contributed by atoms with Crippen molar-refractivity contribution in [3.63, 3.8) is 0 Å². The van der Waals surface area contributed by atoms with Gasteiger partial charge in [0.2, 0.25) is 0 Å². The monoisotopic (exact) mass is 692 g/mol. The van der Waals surface area contributed by atoms with Crippen LogP contribution in [0.2, 0.25) is 0 Å². The highest BCUT2D eigenvalue weighted by molar-refractivity contribution is 5.69. The van der Waals surface area contributed by atoms with Crippen LogP contribution in [0.15, 0.2) is 24.3 Å². The minimum absolute atomic E-state index is 0.0376. The molecule has 0 aromatic heterocycles. The summed E-state index contributed by atoms with van der Waals surface area (Å²) in [4.78, 5) is 26.5. The molecule has 0 fully saturated rings. The van der Waals surface area contributed by atoms with Gasteiger partial charge in [0.05, 0.1) is 13.2 Å². The number of rotatable bonds is 37. The summed E-state index contributed by atoms with van der Waals surface area (Å²) in [6, 6.07) is 0. The molecule has 1 atom stereocenters. The first-order chi connectivity index (χ1) is 24.0. The summed E-state index contributed by atoms with van der Waals surface area (Å²) in [6.07, 6.45) is 41.8. The van der Waals surface area contributed by atoms with Crippen LogP contribution in [0.25, 0.3) is 0 Å². The molecule has 1 unspecified atom stereocenters.